The number of benzene rings is 2. The number of hydrogen-bond donors (Lipinski definition) is 1. The van der Waals surface area contributed by atoms with Crippen molar-refractivity contribution in [2.24, 2.45) is 0 Å². The molecule has 0 saturated carbocycles. The van der Waals surface area contributed by atoms with Gasteiger partial charge in [-0.25, -0.2) is 14.9 Å². The molecule has 1 N–H and O–H groups in total. The normalized spacial score (nSPS) is 17.7. The predicted molar refractivity (Wildman–Crippen MR) is 133 cm³/mol. The van der Waals surface area contributed by atoms with Crippen LogP contribution in [0.25, 0.3) is 16.5 Å². The van der Waals surface area contributed by atoms with E-state index in [0.29, 0.717) is 19.1 Å². The second kappa shape index (κ2) is 8.68. The van der Waals surface area contributed by atoms with Gasteiger partial charge in [-0.1, -0.05) is 48.2 Å². The van der Waals surface area contributed by atoms with Gasteiger partial charge in [0, 0.05) is 36.0 Å². The summed E-state index contributed by atoms with van der Waals surface area (Å²) in [6.07, 6.45) is 4.45. The molecular formula is C26H30N4OS. The maximum atomic E-state index is 13.1. The van der Waals surface area contributed by atoms with Crippen molar-refractivity contribution in [1.82, 2.24) is 14.5 Å². The first-order chi connectivity index (χ1) is 15.6. The average Bonchev–Trinajstić information content (AvgIpc) is 3.10. The van der Waals surface area contributed by atoms with Crippen LogP contribution in [0, 0.1) is 0 Å². The molecule has 6 heteroatoms. The van der Waals surface area contributed by atoms with Crippen LogP contribution in [0.3, 0.4) is 0 Å². The Balaban J connectivity index is 1.70. The van der Waals surface area contributed by atoms with Gasteiger partial charge in [0.25, 0.3) is 0 Å². The first-order valence-corrected chi connectivity index (χ1v) is 12.3. The predicted octanol–water partition coefficient (Wildman–Crippen LogP) is 5.44. The van der Waals surface area contributed by atoms with Gasteiger partial charge < -0.3 is 4.90 Å². The molecule has 5 rings (SSSR count). The molecule has 166 valence electrons. The Hall–Kier alpha value is -2.70. The molecule has 32 heavy (non-hydrogen) atoms. The van der Waals surface area contributed by atoms with Crippen LogP contribution in [0.5, 0.6) is 0 Å². The zero-order valence-corrected chi connectivity index (χ0v) is 19.8. The number of carbonyl (C=O) groups is 1. The Bertz CT molecular complexity index is 1180. The van der Waals surface area contributed by atoms with Crippen molar-refractivity contribution in [3.8, 4) is 0 Å². The molecule has 2 heterocycles. The third-order valence-corrected chi connectivity index (χ3v) is 7.84. The number of nitrogens with zero attached hydrogens (tertiary/aromatic N) is 3. The van der Waals surface area contributed by atoms with Crippen molar-refractivity contribution in [2.45, 2.75) is 42.7 Å². The molecule has 0 saturated heterocycles. The summed E-state index contributed by atoms with van der Waals surface area (Å²) in [5, 5.41) is 2.39. The first kappa shape index (κ1) is 21.2. The van der Waals surface area contributed by atoms with Crippen LogP contribution in [0.4, 0.5) is 4.79 Å². The standard InChI is InChI=1S/C26H30N4OS/c1-4-29(5-2)26(31)27-30-22-15-9-13-20-19-14-10-16-28(3)23(19)17-21(24(20)22)25(30)32-18-11-7-6-8-12-18/h6-9,11-15,23H,4-5,10,16-17H2,1-3H3,(H,27,31)/t23-/m1/s1. The van der Waals surface area contributed by atoms with Gasteiger partial charge in [-0.15, -0.1) is 0 Å². The van der Waals surface area contributed by atoms with Crippen molar-refractivity contribution >= 4 is 34.3 Å². The van der Waals surface area contributed by atoms with E-state index >= 15 is 0 Å². The zero-order valence-electron chi connectivity index (χ0n) is 19.0. The largest absolute Gasteiger partial charge is 0.336 e. The second-order valence-electron chi connectivity index (χ2n) is 8.47. The van der Waals surface area contributed by atoms with E-state index in [2.05, 4.69) is 65.9 Å². The van der Waals surface area contributed by atoms with E-state index < -0.39 is 0 Å². The van der Waals surface area contributed by atoms with Crippen LogP contribution in [0.15, 0.2) is 64.5 Å². The summed E-state index contributed by atoms with van der Waals surface area (Å²) in [5.41, 5.74) is 8.38. The minimum absolute atomic E-state index is 0.0632. The monoisotopic (exact) mass is 446 g/mol. The van der Waals surface area contributed by atoms with E-state index in [9.17, 15) is 4.79 Å². The van der Waals surface area contributed by atoms with E-state index in [1.165, 1.54) is 27.0 Å². The van der Waals surface area contributed by atoms with Gasteiger partial charge in [0.05, 0.1) is 5.52 Å². The van der Waals surface area contributed by atoms with E-state index in [1.54, 1.807) is 11.8 Å². The number of nitrogens with one attached hydrogen (secondary N) is 1. The van der Waals surface area contributed by atoms with Gasteiger partial charge in [-0.2, -0.15) is 0 Å². The molecule has 0 fully saturated rings. The molecule has 2 amide bonds. The van der Waals surface area contributed by atoms with Crippen LogP contribution in [-0.2, 0) is 6.42 Å². The lowest BCUT2D eigenvalue weighted by Gasteiger charge is -2.37. The van der Waals surface area contributed by atoms with E-state index in [0.717, 1.165) is 29.9 Å². The van der Waals surface area contributed by atoms with Crippen molar-refractivity contribution < 1.29 is 4.79 Å². The Morgan fingerprint density at radius 2 is 1.91 bits per heavy atom. The van der Waals surface area contributed by atoms with Crippen molar-refractivity contribution in [3.05, 3.63) is 65.7 Å². The van der Waals surface area contributed by atoms with Gasteiger partial charge in [0.2, 0.25) is 0 Å². The van der Waals surface area contributed by atoms with Crippen LogP contribution in [-0.4, -0.2) is 53.2 Å². The Kier molecular flexibility index (Phi) is 5.74. The molecule has 0 bridgehead atoms. The maximum absolute atomic E-state index is 13.1. The number of fused-ring (bicyclic) bond motifs is 2. The number of urea groups is 1. The lowest BCUT2D eigenvalue weighted by Crippen LogP contribution is -2.39. The molecule has 1 aliphatic heterocycles. The highest BCUT2D eigenvalue weighted by Crippen LogP contribution is 2.46. The summed E-state index contributed by atoms with van der Waals surface area (Å²) in [5.74, 6) is 0. The molecule has 2 aliphatic rings. The lowest BCUT2D eigenvalue weighted by molar-refractivity contribution is 0.214. The fraction of sp³-hybridized carbons (Fsp3) is 0.346. The van der Waals surface area contributed by atoms with Gasteiger partial charge >= 0.3 is 6.03 Å². The molecule has 1 atom stereocenters. The summed E-state index contributed by atoms with van der Waals surface area (Å²) in [6, 6.07) is 17.3. The number of aromatic nitrogens is 1. The van der Waals surface area contributed by atoms with Crippen LogP contribution >= 0.6 is 11.8 Å². The summed E-state index contributed by atoms with van der Waals surface area (Å²) in [7, 11) is 2.23. The number of hydrogen-bond acceptors (Lipinski definition) is 3. The molecule has 0 radical (unpaired) electrons. The van der Waals surface area contributed by atoms with E-state index in [-0.39, 0.29) is 6.03 Å². The molecule has 2 aromatic carbocycles. The van der Waals surface area contributed by atoms with Crippen molar-refractivity contribution in [1.29, 1.82) is 0 Å². The van der Waals surface area contributed by atoms with Gasteiger partial charge in [-0.3, -0.25) is 4.90 Å². The summed E-state index contributed by atoms with van der Waals surface area (Å²) < 4.78 is 2.03. The second-order valence-corrected chi connectivity index (χ2v) is 9.53. The summed E-state index contributed by atoms with van der Waals surface area (Å²) in [6.45, 7) is 6.48. The molecule has 3 aromatic rings. The Morgan fingerprint density at radius 1 is 1.12 bits per heavy atom. The van der Waals surface area contributed by atoms with Crippen LogP contribution in [0.1, 0.15) is 31.4 Å². The van der Waals surface area contributed by atoms with Gasteiger partial charge in [0.1, 0.15) is 5.03 Å². The fourth-order valence-corrected chi connectivity index (χ4v) is 6.08. The summed E-state index contributed by atoms with van der Waals surface area (Å²) in [4.78, 5) is 18.6. The van der Waals surface area contributed by atoms with Crippen LogP contribution in [0.2, 0.25) is 0 Å². The lowest BCUT2D eigenvalue weighted by atomic mass is 9.82. The van der Waals surface area contributed by atoms with Gasteiger partial charge in [0.15, 0.2) is 0 Å². The third kappa shape index (κ3) is 3.51. The molecule has 1 aliphatic carbocycles. The molecule has 0 spiro atoms. The highest BCUT2D eigenvalue weighted by molar-refractivity contribution is 7.99. The third-order valence-electron chi connectivity index (χ3n) is 6.71. The Morgan fingerprint density at radius 3 is 2.66 bits per heavy atom. The summed E-state index contributed by atoms with van der Waals surface area (Å²) >= 11 is 1.73. The average molecular weight is 447 g/mol. The number of amides is 2. The van der Waals surface area contributed by atoms with Crippen molar-refractivity contribution in [2.75, 3.05) is 32.1 Å². The van der Waals surface area contributed by atoms with Gasteiger partial charge in [-0.05, 0) is 68.6 Å². The Labute approximate surface area is 194 Å². The number of rotatable bonds is 5. The molecule has 1 aromatic heterocycles. The van der Waals surface area contributed by atoms with Crippen molar-refractivity contribution in [3.63, 3.8) is 0 Å². The molecular weight excluding hydrogens is 416 g/mol. The maximum Gasteiger partial charge on any atom is 0.336 e. The fourth-order valence-electron chi connectivity index (χ4n) is 5.02. The number of carbonyl (C=O) groups excluding carboxylic acids is 1. The number of likely N-dealkylation sites (N-methyl/N-ethyl adjacent to an activating group) is 1. The SMILES string of the molecule is CCN(CC)C(=O)Nn1c(Sc2ccccc2)c2c3c(cccc31)C1=CCCN(C)[C@@H]1C2. The highest BCUT2D eigenvalue weighted by atomic mass is 32.2. The topological polar surface area (TPSA) is 40.5 Å². The molecule has 0 unspecified atom stereocenters. The zero-order chi connectivity index (χ0) is 22.2. The van der Waals surface area contributed by atoms with E-state index in [4.69, 9.17) is 0 Å². The molecule has 5 nitrogen and oxygen atoms in total. The van der Waals surface area contributed by atoms with E-state index in [1.807, 2.05) is 29.5 Å². The minimum Gasteiger partial charge on any atom is -0.324 e. The quantitative estimate of drug-likeness (QED) is 0.567. The highest BCUT2D eigenvalue weighted by Gasteiger charge is 2.34. The van der Waals surface area contributed by atoms with Crippen LogP contribution < -0.4 is 5.43 Å². The minimum atomic E-state index is -0.0632. The smallest absolute Gasteiger partial charge is 0.324 e. The first-order valence-electron chi connectivity index (χ1n) is 11.5.